The van der Waals surface area contributed by atoms with E-state index < -0.39 is 0 Å². The van der Waals surface area contributed by atoms with Crippen molar-refractivity contribution in [3.8, 4) is 12.3 Å². The van der Waals surface area contributed by atoms with Crippen LogP contribution in [0.25, 0.3) is 0 Å². The van der Waals surface area contributed by atoms with E-state index in [-0.39, 0.29) is 36.3 Å². The molecule has 3 N–H and O–H groups in total. The molecular weight excluding hydrogens is 393 g/mol. The number of pyridine rings is 1. The number of hydrogen-bond donors (Lipinski definition) is 3. The Bertz CT molecular complexity index is 539. The van der Waals surface area contributed by atoms with Crippen molar-refractivity contribution < 1.29 is 4.79 Å². The van der Waals surface area contributed by atoms with Gasteiger partial charge in [0.2, 0.25) is 5.91 Å². The fourth-order valence-electron chi connectivity index (χ4n) is 1.56. The Morgan fingerprint density at radius 1 is 1.41 bits per heavy atom. The molecule has 0 aliphatic heterocycles. The summed E-state index contributed by atoms with van der Waals surface area (Å²) in [6, 6.07) is 5.48. The van der Waals surface area contributed by atoms with E-state index in [2.05, 4.69) is 31.8 Å². The molecule has 1 amide bonds. The van der Waals surface area contributed by atoms with Crippen LogP contribution in [0.15, 0.2) is 23.2 Å². The molecule has 6 nitrogen and oxygen atoms in total. The minimum Gasteiger partial charge on any atom is -0.357 e. The second-order valence-corrected chi connectivity index (χ2v) is 4.28. The summed E-state index contributed by atoms with van der Waals surface area (Å²) in [5.74, 6) is 3.52. The predicted molar refractivity (Wildman–Crippen MR) is 100 cm³/mol. The SMILES string of the molecule is C#CCNC(=NCCC(=O)Nc1cccc(C)n1)NCC.I. The fraction of sp³-hybridized carbons (Fsp3) is 0.400. The summed E-state index contributed by atoms with van der Waals surface area (Å²) in [6.45, 7) is 5.33. The summed E-state index contributed by atoms with van der Waals surface area (Å²) in [5.41, 5.74) is 0.860. The molecule has 0 aliphatic carbocycles. The van der Waals surface area contributed by atoms with Gasteiger partial charge in [-0.2, -0.15) is 0 Å². The van der Waals surface area contributed by atoms with Gasteiger partial charge in [-0.1, -0.05) is 12.0 Å². The van der Waals surface area contributed by atoms with Gasteiger partial charge in [0.1, 0.15) is 5.82 Å². The predicted octanol–water partition coefficient (Wildman–Crippen LogP) is 1.52. The van der Waals surface area contributed by atoms with Gasteiger partial charge in [0.25, 0.3) is 0 Å². The van der Waals surface area contributed by atoms with Crippen molar-refractivity contribution >= 4 is 41.7 Å². The normalized spacial score (nSPS) is 10.1. The smallest absolute Gasteiger partial charge is 0.227 e. The molecular formula is C15H22IN5O. The maximum absolute atomic E-state index is 11.8. The highest BCUT2D eigenvalue weighted by Gasteiger charge is 2.03. The molecule has 120 valence electrons. The molecule has 0 bridgehead atoms. The molecule has 1 heterocycles. The van der Waals surface area contributed by atoms with Crippen molar-refractivity contribution in [3.63, 3.8) is 0 Å². The first kappa shape index (κ1) is 20.2. The third-order valence-electron chi connectivity index (χ3n) is 2.47. The van der Waals surface area contributed by atoms with Gasteiger partial charge < -0.3 is 16.0 Å². The molecule has 0 aromatic carbocycles. The van der Waals surface area contributed by atoms with Crippen LogP contribution in [-0.2, 0) is 4.79 Å². The largest absolute Gasteiger partial charge is 0.357 e. The molecule has 0 radical (unpaired) electrons. The molecule has 0 saturated carbocycles. The van der Waals surface area contributed by atoms with Gasteiger partial charge in [0.05, 0.1) is 13.1 Å². The zero-order chi connectivity index (χ0) is 15.5. The Hall–Kier alpha value is -1.82. The maximum Gasteiger partial charge on any atom is 0.227 e. The number of halogens is 1. The highest BCUT2D eigenvalue weighted by atomic mass is 127. The van der Waals surface area contributed by atoms with Crippen LogP contribution < -0.4 is 16.0 Å². The Morgan fingerprint density at radius 3 is 2.82 bits per heavy atom. The van der Waals surface area contributed by atoms with Crippen molar-refractivity contribution in [2.75, 3.05) is 25.0 Å². The minimum atomic E-state index is -0.121. The van der Waals surface area contributed by atoms with E-state index >= 15 is 0 Å². The first-order valence-electron chi connectivity index (χ1n) is 6.85. The monoisotopic (exact) mass is 415 g/mol. The average molecular weight is 415 g/mol. The van der Waals surface area contributed by atoms with E-state index in [1.54, 1.807) is 6.07 Å². The van der Waals surface area contributed by atoms with Crippen LogP contribution in [0.4, 0.5) is 5.82 Å². The second-order valence-electron chi connectivity index (χ2n) is 4.28. The lowest BCUT2D eigenvalue weighted by molar-refractivity contribution is -0.116. The summed E-state index contributed by atoms with van der Waals surface area (Å²) in [4.78, 5) is 20.3. The van der Waals surface area contributed by atoms with Crippen molar-refractivity contribution in [1.29, 1.82) is 0 Å². The van der Waals surface area contributed by atoms with Crippen LogP contribution in [0.2, 0.25) is 0 Å². The number of amides is 1. The van der Waals surface area contributed by atoms with E-state index in [4.69, 9.17) is 6.42 Å². The van der Waals surface area contributed by atoms with Gasteiger partial charge in [0.15, 0.2) is 5.96 Å². The Morgan fingerprint density at radius 2 is 2.18 bits per heavy atom. The number of aromatic nitrogens is 1. The van der Waals surface area contributed by atoms with Gasteiger partial charge in [-0.3, -0.25) is 9.79 Å². The van der Waals surface area contributed by atoms with E-state index in [1.165, 1.54) is 0 Å². The van der Waals surface area contributed by atoms with E-state index in [9.17, 15) is 4.79 Å². The van der Waals surface area contributed by atoms with Crippen LogP contribution >= 0.6 is 24.0 Å². The quantitative estimate of drug-likeness (QED) is 0.285. The van der Waals surface area contributed by atoms with Crippen LogP contribution in [-0.4, -0.2) is 36.5 Å². The van der Waals surface area contributed by atoms with Gasteiger partial charge in [-0.15, -0.1) is 30.4 Å². The summed E-state index contributed by atoms with van der Waals surface area (Å²) >= 11 is 0. The topological polar surface area (TPSA) is 78.4 Å². The van der Waals surface area contributed by atoms with Gasteiger partial charge in [0, 0.05) is 18.7 Å². The molecule has 0 unspecified atom stereocenters. The molecule has 0 saturated heterocycles. The first-order valence-corrected chi connectivity index (χ1v) is 6.85. The number of aryl methyl sites for hydroxylation is 1. The number of terminal acetylenes is 1. The van der Waals surface area contributed by atoms with Gasteiger partial charge in [-0.25, -0.2) is 4.98 Å². The summed E-state index contributed by atoms with van der Waals surface area (Å²) in [5, 5.41) is 8.75. The van der Waals surface area contributed by atoms with Crippen molar-refractivity contribution in [1.82, 2.24) is 15.6 Å². The number of aliphatic imine (C=N–C) groups is 1. The Kier molecular flexibility index (Phi) is 10.8. The molecule has 0 fully saturated rings. The van der Waals surface area contributed by atoms with E-state index in [0.29, 0.717) is 24.9 Å². The van der Waals surface area contributed by atoms with Gasteiger partial charge in [-0.05, 0) is 26.0 Å². The fourth-order valence-corrected chi connectivity index (χ4v) is 1.56. The highest BCUT2D eigenvalue weighted by Crippen LogP contribution is 2.04. The van der Waals surface area contributed by atoms with Gasteiger partial charge >= 0.3 is 0 Å². The average Bonchev–Trinajstić information content (AvgIpc) is 2.44. The molecule has 1 aromatic rings. The van der Waals surface area contributed by atoms with Crippen LogP contribution in [0.3, 0.4) is 0 Å². The number of rotatable bonds is 6. The molecule has 1 rings (SSSR count). The number of nitrogens with one attached hydrogen (secondary N) is 3. The number of nitrogens with zero attached hydrogens (tertiary/aromatic N) is 2. The summed E-state index contributed by atoms with van der Waals surface area (Å²) in [7, 11) is 0. The first-order chi connectivity index (χ1) is 10.2. The third kappa shape index (κ3) is 8.46. The Balaban J connectivity index is 0.00000441. The summed E-state index contributed by atoms with van der Waals surface area (Å²) < 4.78 is 0. The number of anilines is 1. The maximum atomic E-state index is 11.8. The molecule has 0 atom stereocenters. The number of carbonyl (C=O) groups excluding carboxylic acids is 1. The number of guanidine groups is 1. The second kappa shape index (κ2) is 11.8. The van der Waals surface area contributed by atoms with Crippen LogP contribution in [0, 0.1) is 19.3 Å². The minimum absolute atomic E-state index is 0. The van der Waals surface area contributed by atoms with E-state index in [0.717, 1.165) is 12.2 Å². The molecule has 7 heteroatoms. The van der Waals surface area contributed by atoms with Crippen molar-refractivity contribution in [2.45, 2.75) is 20.3 Å². The zero-order valence-corrected chi connectivity index (χ0v) is 15.2. The summed E-state index contributed by atoms with van der Waals surface area (Å²) in [6.07, 6.45) is 5.46. The number of hydrogen-bond acceptors (Lipinski definition) is 3. The lowest BCUT2D eigenvalue weighted by Crippen LogP contribution is -2.37. The van der Waals surface area contributed by atoms with Crippen molar-refractivity contribution in [3.05, 3.63) is 23.9 Å². The standard InChI is InChI=1S/C15H21N5O.HI/c1-4-10-17-15(16-5-2)18-11-9-14(21)20-13-8-6-7-12(3)19-13;/h1,6-8H,5,9-11H2,2-3H3,(H2,16,17,18)(H,19,20,21);1H. The zero-order valence-electron chi connectivity index (χ0n) is 12.8. The van der Waals surface area contributed by atoms with Crippen LogP contribution in [0.1, 0.15) is 19.0 Å². The lowest BCUT2D eigenvalue weighted by atomic mass is 10.3. The molecule has 0 aliphatic rings. The molecule has 22 heavy (non-hydrogen) atoms. The lowest BCUT2D eigenvalue weighted by Gasteiger charge is -2.08. The number of carbonyl (C=O) groups is 1. The van der Waals surface area contributed by atoms with Crippen LogP contribution in [0.5, 0.6) is 0 Å². The third-order valence-corrected chi connectivity index (χ3v) is 2.47. The van der Waals surface area contributed by atoms with E-state index in [1.807, 2.05) is 26.0 Å². The Labute approximate surface area is 148 Å². The highest BCUT2D eigenvalue weighted by molar-refractivity contribution is 14.0. The van der Waals surface area contributed by atoms with Crippen molar-refractivity contribution in [2.24, 2.45) is 4.99 Å². The molecule has 1 aromatic heterocycles. The molecule has 0 spiro atoms.